The van der Waals surface area contributed by atoms with Gasteiger partial charge in [0, 0.05) is 0 Å². The molecule has 1 aromatic heterocycles. The first-order chi connectivity index (χ1) is 11.7. The molecule has 1 unspecified atom stereocenters. The first-order valence-electron chi connectivity index (χ1n) is 8.67. The summed E-state index contributed by atoms with van der Waals surface area (Å²) < 4.78 is 1.84. The van der Waals surface area contributed by atoms with E-state index in [2.05, 4.69) is 59.1 Å². The summed E-state index contributed by atoms with van der Waals surface area (Å²) in [6, 6.07) is 8.59. The first kappa shape index (κ1) is 16.6. The van der Waals surface area contributed by atoms with Gasteiger partial charge in [-0.25, -0.2) is 4.68 Å². The molecule has 1 aliphatic heterocycles. The zero-order valence-corrected chi connectivity index (χ0v) is 14.3. The maximum Gasteiger partial charge on any atom is 0.273 e. The molecule has 6 heteroatoms. The number of nitrogens with one attached hydrogen (secondary N) is 2. The van der Waals surface area contributed by atoms with E-state index < -0.39 is 0 Å². The summed E-state index contributed by atoms with van der Waals surface area (Å²) >= 11 is 0. The van der Waals surface area contributed by atoms with Crippen LogP contribution in [0.4, 0.5) is 0 Å². The molecule has 0 saturated carbocycles. The Balaban J connectivity index is 1.67. The van der Waals surface area contributed by atoms with Gasteiger partial charge in [-0.05, 0) is 44.8 Å². The predicted molar refractivity (Wildman–Crippen MR) is 92.8 cm³/mol. The highest BCUT2D eigenvalue weighted by molar-refractivity contribution is 5.92. The Morgan fingerprint density at radius 3 is 2.71 bits per heavy atom. The van der Waals surface area contributed by atoms with Crippen LogP contribution in [0, 0.1) is 6.92 Å². The van der Waals surface area contributed by atoms with Crippen LogP contribution in [0.25, 0.3) is 0 Å². The second-order valence-corrected chi connectivity index (χ2v) is 6.41. The van der Waals surface area contributed by atoms with Gasteiger partial charge in [0.1, 0.15) is 0 Å². The lowest BCUT2D eigenvalue weighted by molar-refractivity contribution is 0.0930. The van der Waals surface area contributed by atoms with Gasteiger partial charge in [-0.1, -0.05) is 42.0 Å². The van der Waals surface area contributed by atoms with Crippen LogP contribution >= 0.6 is 0 Å². The molecule has 0 spiro atoms. The van der Waals surface area contributed by atoms with Crippen molar-refractivity contribution in [3.8, 4) is 0 Å². The quantitative estimate of drug-likeness (QED) is 0.884. The Bertz CT molecular complexity index is 673. The summed E-state index contributed by atoms with van der Waals surface area (Å²) in [6.45, 7) is 6.09. The average molecular weight is 327 g/mol. The van der Waals surface area contributed by atoms with E-state index in [0.717, 1.165) is 37.9 Å². The summed E-state index contributed by atoms with van der Waals surface area (Å²) in [5.41, 5.74) is 2.71. The number of benzene rings is 1. The topological polar surface area (TPSA) is 71.8 Å². The fourth-order valence-electron chi connectivity index (χ4n) is 3.08. The highest BCUT2D eigenvalue weighted by Gasteiger charge is 2.20. The lowest BCUT2D eigenvalue weighted by atomic mass is 10.0. The van der Waals surface area contributed by atoms with Gasteiger partial charge in [0.2, 0.25) is 0 Å². The largest absolute Gasteiger partial charge is 0.344 e. The van der Waals surface area contributed by atoms with Gasteiger partial charge in [0.05, 0.1) is 18.3 Å². The second kappa shape index (κ2) is 7.57. The van der Waals surface area contributed by atoms with E-state index in [1.165, 1.54) is 5.56 Å². The molecular formula is C18H25N5O. The van der Waals surface area contributed by atoms with Crippen LogP contribution in [0.2, 0.25) is 0 Å². The molecule has 1 atom stereocenters. The van der Waals surface area contributed by atoms with Crippen molar-refractivity contribution in [3.63, 3.8) is 0 Å². The Labute approximate surface area is 142 Å². The van der Waals surface area contributed by atoms with E-state index in [1.807, 2.05) is 4.68 Å². The van der Waals surface area contributed by atoms with Crippen LogP contribution in [0.5, 0.6) is 0 Å². The van der Waals surface area contributed by atoms with Crippen LogP contribution in [0.15, 0.2) is 30.5 Å². The van der Waals surface area contributed by atoms with Gasteiger partial charge in [-0.2, -0.15) is 0 Å². The van der Waals surface area contributed by atoms with Crippen LogP contribution in [0.1, 0.15) is 59.9 Å². The minimum absolute atomic E-state index is 0.0119. The van der Waals surface area contributed by atoms with E-state index in [-0.39, 0.29) is 11.9 Å². The molecule has 0 aliphatic carbocycles. The van der Waals surface area contributed by atoms with Crippen molar-refractivity contribution in [2.45, 2.75) is 45.2 Å². The minimum atomic E-state index is -0.164. The monoisotopic (exact) mass is 327 g/mol. The molecule has 3 rings (SSSR count). The molecular weight excluding hydrogens is 302 g/mol. The predicted octanol–water partition coefficient (Wildman–Crippen LogP) is 2.39. The summed E-state index contributed by atoms with van der Waals surface area (Å²) in [7, 11) is 0. The Morgan fingerprint density at radius 1 is 1.33 bits per heavy atom. The highest BCUT2D eigenvalue weighted by Crippen LogP contribution is 2.19. The molecule has 128 valence electrons. The third kappa shape index (κ3) is 3.82. The van der Waals surface area contributed by atoms with E-state index >= 15 is 0 Å². The van der Waals surface area contributed by atoms with Crippen molar-refractivity contribution < 1.29 is 4.79 Å². The van der Waals surface area contributed by atoms with Crippen LogP contribution < -0.4 is 10.6 Å². The summed E-state index contributed by atoms with van der Waals surface area (Å²) in [4.78, 5) is 12.5. The number of nitrogens with zero attached hydrogens (tertiary/aromatic N) is 3. The third-order valence-electron chi connectivity index (χ3n) is 4.62. The van der Waals surface area contributed by atoms with Crippen molar-refractivity contribution in [1.82, 2.24) is 25.6 Å². The van der Waals surface area contributed by atoms with Gasteiger partial charge in [-0.3, -0.25) is 4.79 Å². The second-order valence-electron chi connectivity index (χ2n) is 6.41. The van der Waals surface area contributed by atoms with Crippen molar-refractivity contribution in [2.75, 3.05) is 13.1 Å². The van der Waals surface area contributed by atoms with E-state index in [9.17, 15) is 4.79 Å². The number of hydrogen-bond donors (Lipinski definition) is 2. The van der Waals surface area contributed by atoms with Crippen molar-refractivity contribution in [2.24, 2.45) is 0 Å². The standard InChI is InChI=1S/C18H25N5O/c1-3-16(14-6-4-13(2)5-7-14)20-18(24)17-12-23(22-21-17)15-8-10-19-11-9-15/h4-7,12,15-16,19H,3,8-11H2,1-2H3,(H,20,24). The summed E-state index contributed by atoms with van der Waals surface area (Å²) in [5.74, 6) is -0.164. The van der Waals surface area contributed by atoms with Gasteiger partial charge >= 0.3 is 0 Å². The summed E-state index contributed by atoms with van der Waals surface area (Å²) in [6.07, 6.45) is 4.64. The van der Waals surface area contributed by atoms with Gasteiger partial charge in [0.25, 0.3) is 5.91 Å². The average Bonchev–Trinajstić information content (AvgIpc) is 3.11. The van der Waals surface area contributed by atoms with Gasteiger partial charge in [-0.15, -0.1) is 5.10 Å². The maximum atomic E-state index is 12.5. The Morgan fingerprint density at radius 2 is 2.04 bits per heavy atom. The molecule has 1 fully saturated rings. The normalized spacial score (nSPS) is 16.8. The van der Waals surface area contributed by atoms with Crippen molar-refractivity contribution in [3.05, 3.63) is 47.3 Å². The number of hydrogen-bond acceptors (Lipinski definition) is 4. The molecule has 1 aliphatic rings. The zero-order chi connectivity index (χ0) is 16.9. The molecule has 1 aromatic carbocycles. The number of carbonyl (C=O) groups excluding carboxylic acids is 1. The van der Waals surface area contributed by atoms with E-state index in [1.54, 1.807) is 6.20 Å². The van der Waals surface area contributed by atoms with E-state index in [4.69, 9.17) is 0 Å². The van der Waals surface area contributed by atoms with Gasteiger partial charge in [0.15, 0.2) is 5.69 Å². The lowest BCUT2D eigenvalue weighted by Crippen LogP contribution is -2.30. The number of carbonyl (C=O) groups is 1. The summed E-state index contributed by atoms with van der Waals surface area (Å²) in [5, 5.41) is 14.6. The number of aromatic nitrogens is 3. The molecule has 2 heterocycles. The number of amides is 1. The van der Waals surface area contributed by atoms with Crippen molar-refractivity contribution >= 4 is 5.91 Å². The molecule has 24 heavy (non-hydrogen) atoms. The molecule has 1 saturated heterocycles. The smallest absolute Gasteiger partial charge is 0.273 e. The van der Waals surface area contributed by atoms with E-state index in [0.29, 0.717) is 11.7 Å². The number of aryl methyl sites for hydroxylation is 1. The molecule has 0 bridgehead atoms. The number of rotatable bonds is 5. The molecule has 1 amide bonds. The van der Waals surface area contributed by atoms with Crippen molar-refractivity contribution in [1.29, 1.82) is 0 Å². The van der Waals surface area contributed by atoms with Crippen LogP contribution in [0.3, 0.4) is 0 Å². The fourth-order valence-corrected chi connectivity index (χ4v) is 3.08. The lowest BCUT2D eigenvalue weighted by Gasteiger charge is -2.22. The molecule has 6 nitrogen and oxygen atoms in total. The van der Waals surface area contributed by atoms with Gasteiger partial charge < -0.3 is 10.6 Å². The third-order valence-corrected chi connectivity index (χ3v) is 4.62. The molecule has 2 N–H and O–H groups in total. The molecule has 2 aromatic rings. The highest BCUT2D eigenvalue weighted by atomic mass is 16.2. The van der Waals surface area contributed by atoms with Crippen LogP contribution in [-0.2, 0) is 0 Å². The first-order valence-corrected chi connectivity index (χ1v) is 8.67. The van der Waals surface area contributed by atoms with Crippen LogP contribution in [-0.4, -0.2) is 34.0 Å². The minimum Gasteiger partial charge on any atom is -0.344 e. The Hall–Kier alpha value is -2.21. The Kier molecular flexibility index (Phi) is 5.25. The SMILES string of the molecule is CCC(NC(=O)c1cn(C2CCNCC2)nn1)c1ccc(C)cc1. The molecule has 0 radical (unpaired) electrons. The number of piperidine rings is 1. The maximum absolute atomic E-state index is 12.5. The zero-order valence-electron chi connectivity index (χ0n) is 14.3. The fraction of sp³-hybridized carbons (Fsp3) is 0.500.